The number of hydrogen-bond donors (Lipinski definition) is 0. The summed E-state index contributed by atoms with van der Waals surface area (Å²) in [5, 5.41) is 9.19. The van der Waals surface area contributed by atoms with Crippen LogP contribution in [0.4, 0.5) is 0 Å². The summed E-state index contributed by atoms with van der Waals surface area (Å²) in [6.45, 7) is 8.85. The summed E-state index contributed by atoms with van der Waals surface area (Å²) in [6, 6.07) is 6.50. The summed E-state index contributed by atoms with van der Waals surface area (Å²) in [6.07, 6.45) is 2.00. The number of aromatic nitrogens is 3. The van der Waals surface area contributed by atoms with Crippen molar-refractivity contribution in [3.8, 4) is 5.69 Å². The van der Waals surface area contributed by atoms with Crippen LogP contribution in [0.3, 0.4) is 0 Å². The minimum Gasteiger partial charge on any atom is -0.220 e. The van der Waals surface area contributed by atoms with Crippen LogP contribution in [-0.2, 0) is 5.33 Å². The second kappa shape index (κ2) is 5.87. The minimum absolute atomic E-state index is 0.463. The zero-order chi connectivity index (χ0) is 14.0. The van der Waals surface area contributed by atoms with Gasteiger partial charge in [0.25, 0.3) is 0 Å². The van der Waals surface area contributed by atoms with E-state index < -0.39 is 0 Å². The quantitative estimate of drug-likeness (QED) is 0.781. The van der Waals surface area contributed by atoms with Gasteiger partial charge in [-0.25, -0.2) is 4.68 Å². The van der Waals surface area contributed by atoms with Crippen molar-refractivity contribution in [3.63, 3.8) is 0 Å². The number of benzene rings is 1. The van der Waals surface area contributed by atoms with E-state index in [1.807, 2.05) is 10.9 Å². The fraction of sp³-hybridized carbons (Fsp3) is 0.467. The van der Waals surface area contributed by atoms with Crippen molar-refractivity contribution in [2.75, 3.05) is 0 Å². The van der Waals surface area contributed by atoms with Gasteiger partial charge in [-0.1, -0.05) is 67.0 Å². The maximum atomic E-state index is 4.28. The van der Waals surface area contributed by atoms with Crippen LogP contribution in [-0.4, -0.2) is 15.0 Å². The van der Waals surface area contributed by atoms with E-state index in [4.69, 9.17) is 0 Å². The normalized spacial score (nSPS) is 11.5. The van der Waals surface area contributed by atoms with Gasteiger partial charge in [-0.15, -0.1) is 5.10 Å². The number of hydrogen-bond acceptors (Lipinski definition) is 2. The number of alkyl halides is 1. The van der Waals surface area contributed by atoms with Gasteiger partial charge in [-0.3, -0.25) is 0 Å². The van der Waals surface area contributed by atoms with Gasteiger partial charge in [0, 0.05) is 5.33 Å². The third kappa shape index (κ3) is 2.89. The van der Waals surface area contributed by atoms with Crippen molar-refractivity contribution in [2.45, 2.75) is 44.9 Å². The zero-order valence-corrected chi connectivity index (χ0v) is 13.5. The minimum atomic E-state index is 0.463. The molecule has 0 aliphatic rings. The Morgan fingerprint density at radius 3 is 2.11 bits per heavy atom. The first-order valence-electron chi connectivity index (χ1n) is 6.65. The third-order valence-corrected chi connectivity index (χ3v) is 3.82. The maximum absolute atomic E-state index is 4.28. The molecule has 0 bridgehead atoms. The molecule has 0 fully saturated rings. The molecule has 0 aliphatic heterocycles. The highest BCUT2D eigenvalue weighted by Gasteiger charge is 2.16. The van der Waals surface area contributed by atoms with E-state index in [0.29, 0.717) is 11.8 Å². The Bertz CT molecular complexity index is 532. The zero-order valence-electron chi connectivity index (χ0n) is 11.9. The van der Waals surface area contributed by atoms with Gasteiger partial charge in [0.1, 0.15) is 0 Å². The highest BCUT2D eigenvalue weighted by Crippen LogP contribution is 2.30. The van der Waals surface area contributed by atoms with E-state index in [9.17, 15) is 0 Å². The smallest absolute Gasteiger partial charge is 0.0937 e. The van der Waals surface area contributed by atoms with E-state index >= 15 is 0 Å². The lowest BCUT2D eigenvalue weighted by atomic mass is 9.93. The molecule has 1 heterocycles. The van der Waals surface area contributed by atoms with Crippen LogP contribution < -0.4 is 0 Å². The Morgan fingerprint density at radius 1 is 1.11 bits per heavy atom. The van der Waals surface area contributed by atoms with Gasteiger partial charge >= 0.3 is 0 Å². The van der Waals surface area contributed by atoms with Gasteiger partial charge in [0.2, 0.25) is 0 Å². The van der Waals surface area contributed by atoms with Crippen molar-refractivity contribution in [1.29, 1.82) is 0 Å². The third-order valence-electron chi connectivity index (χ3n) is 3.25. The molecule has 0 unspecified atom stereocenters. The first-order chi connectivity index (χ1) is 9.04. The Labute approximate surface area is 123 Å². The average Bonchev–Trinajstić information content (AvgIpc) is 2.86. The average molecular weight is 322 g/mol. The van der Waals surface area contributed by atoms with E-state index in [2.05, 4.69) is 72.1 Å². The van der Waals surface area contributed by atoms with Crippen LogP contribution in [0.5, 0.6) is 0 Å². The largest absolute Gasteiger partial charge is 0.220 e. The lowest BCUT2D eigenvalue weighted by molar-refractivity contribution is 0.741. The standard InChI is InChI=1S/C15H20BrN3/c1-10(2)13-6-5-7-14(11(3)4)15(13)19-9-12(8-16)17-18-19/h5-7,9-11H,8H2,1-4H3. The summed E-state index contributed by atoms with van der Waals surface area (Å²) in [5.41, 5.74) is 4.77. The summed E-state index contributed by atoms with van der Waals surface area (Å²) in [7, 11) is 0. The highest BCUT2D eigenvalue weighted by molar-refractivity contribution is 9.08. The molecule has 1 aromatic carbocycles. The molecule has 0 radical (unpaired) electrons. The van der Waals surface area contributed by atoms with Crippen molar-refractivity contribution in [3.05, 3.63) is 41.2 Å². The second-order valence-electron chi connectivity index (χ2n) is 5.38. The number of rotatable bonds is 4. The molecule has 4 heteroatoms. The molecule has 19 heavy (non-hydrogen) atoms. The fourth-order valence-corrected chi connectivity index (χ4v) is 2.50. The van der Waals surface area contributed by atoms with Crippen LogP contribution in [0.1, 0.15) is 56.4 Å². The topological polar surface area (TPSA) is 30.7 Å². The Morgan fingerprint density at radius 2 is 1.68 bits per heavy atom. The van der Waals surface area contributed by atoms with Crippen LogP contribution in [0.15, 0.2) is 24.4 Å². The van der Waals surface area contributed by atoms with Gasteiger partial charge < -0.3 is 0 Å². The van der Waals surface area contributed by atoms with Crippen molar-refractivity contribution in [2.24, 2.45) is 0 Å². The number of nitrogens with zero attached hydrogens (tertiary/aromatic N) is 3. The fourth-order valence-electron chi connectivity index (χ4n) is 2.25. The first kappa shape index (κ1) is 14.3. The number of halogens is 1. The highest BCUT2D eigenvalue weighted by atomic mass is 79.9. The molecule has 1 aromatic heterocycles. The molecule has 0 amide bonds. The van der Waals surface area contributed by atoms with Gasteiger partial charge in [0.05, 0.1) is 17.6 Å². The van der Waals surface area contributed by atoms with E-state index in [0.717, 1.165) is 11.0 Å². The van der Waals surface area contributed by atoms with Crippen LogP contribution in [0, 0.1) is 0 Å². The summed E-state index contributed by atoms with van der Waals surface area (Å²) >= 11 is 3.42. The SMILES string of the molecule is CC(C)c1cccc(C(C)C)c1-n1cc(CBr)nn1. The van der Waals surface area contributed by atoms with E-state index in [1.54, 1.807) is 0 Å². The Kier molecular flexibility index (Phi) is 4.40. The molecular weight excluding hydrogens is 302 g/mol. The lowest BCUT2D eigenvalue weighted by Gasteiger charge is -2.18. The first-order valence-corrected chi connectivity index (χ1v) is 7.77. The Hall–Kier alpha value is -1.16. The summed E-state index contributed by atoms with van der Waals surface area (Å²) in [5.74, 6) is 0.927. The van der Waals surface area contributed by atoms with Crippen molar-refractivity contribution >= 4 is 15.9 Å². The molecule has 0 saturated carbocycles. The van der Waals surface area contributed by atoms with Gasteiger partial charge in [0.15, 0.2) is 0 Å². The molecule has 3 nitrogen and oxygen atoms in total. The predicted molar refractivity (Wildman–Crippen MR) is 82.2 cm³/mol. The van der Waals surface area contributed by atoms with Crippen LogP contribution >= 0.6 is 15.9 Å². The lowest BCUT2D eigenvalue weighted by Crippen LogP contribution is -2.07. The maximum Gasteiger partial charge on any atom is 0.0937 e. The van der Waals surface area contributed by atoms with Crippen LogP contribution in [0.25, 0.3) is 5.69 Å². The number of para-hydroxylation sites is 1. The molecule has 0 atom stereocenters. The monoisotopic (exact) mass is 321 g/mol. The molecule has 2 rings (SSSR count). The molecule has 0 aliphatic carbocycles. The van der Waals surface area contributed by atoms with Crippen molar-refractivity contribution < 1.29 is 0 Å². The van der Waals surface area contributed by atoms with E-state index in [-0.39, 0.29) is 0 Å². The van der Waals surface area contributed by atoms with Gasteiger partial charge in [-0.05, 0) is 23.0 Å². The second-order valence-corrected chi connectivity index (χ2v) is 5.94. The molecule has 0 spiro atoms. The van der Waals surface area contributed by atoms with Crippen LogP contribution in [0.2, 0.25) is 0 Å². The van der Waals surface area contributed by atoms with Gasteiger partial charge in [-0.2, -0.15) is 0 Å². The van der Waals surface area contributed by atoms with Crippen molar-refractivity contribution in [1.82, 2.24) is 15.0 Å². The molecule has 0 saturated heterocycles. The Balaban J connectivity index is 2.63. The summed E-state index contributed by atoms with van der Waals surface area (Å²) < 4.78 is 1.92. The molecule has 102 valence electrons. The summed E-state index contributed by atoms with van der Waals surface area (Å²) in [4.78, 5) is 0. The molecule has 2 aromatic rings. The van der Waals surface area contributed by atoms with E-state index in [1.165, 1.54) is 16.8 Å². The predicted octanol–water partition coefficient (Wildman–Crippen LogP) is 4.41. The molecule has 0 N–H and O–H groups in total. The molecular formula is C15H20BrN3.